The molecule has 1 amide bonds. The number of alkyl carbamates (subject to hydrolysis) is 1. The highest BCUT2D eigenvalue weighted by molar-refractivity contribution is 6.38. The Morgan fingerprint density at radius 1 is 1.15 bits per heavy atom. The van der Waals surface area contributed by atoms with E-state index in [1.54, 1.807) is 32.3 Å². The van der Waals surface area contributed by atoms with Gasteiger partial charge in [0.05, 0.1) is 39.0 Å². The van der Waals surface area contributed by atoms with Gasteiger partial charge in [-0.1, -0.05) is 34.8 Å². The van der Waals surface area contributed by atoms with Crippen molar-refractivity contribution >= 4 is 51.8 Å². The van der Waals surface area contributed by atoms with Crippen molar-refractivity contribution in [3.05, 3.63) is 61.2 Å². The van der Waals surface area contributed by atoms with Crippen LogP contribution in [0.3, 0.4) is 0 Å². The number of ether oxygens (including phenoxy) is 2. The maximum atomic E-state index is 13.7. The summed E-state index contributed by atoms with van der Waals surface area (Å²) in [5, 5.41) is 2.85. The summed E-state index contributed by atoms with van der Waals surface area (Å²) in [4.78, 5) is 28.8. The van der Waals surface area contributed by atoms with Crippen LogP contribution in [0.4, 0.5) is 9.18 Å². The first-order valence-corrected chi connectivity index (χ1v) is 11.0. The molecule has 3 aromatic rings. The van der Waals surface area contributed by atoms with Crippen LogP contribution in [0, 0.1) is 12.7 Å². The molecule has 33 heavy (non-hydrogen) atoms. The minimum Gasteiger partial charge on any atom is -0.475 e. The summed E-state index contributed by atoms with van der Waals surface area (Å²) in [6.07, 6.45) is 0.722. The van der Waals surface area contributed by atoms with Crippen LogP contribution in [0.1, 0.15) is 26.5 Å². The number of nitrogens with one attached hydrogen (secondary N) is 1. The van der Waals surface area contributed by atoms with E-state index in [1.807, 2.05) is 0 Å². The van der Waals surface area contributed by atoms with Crippen molar-refractivity contribution in [3.8, 4) is 11.6 Å². The van der Waals surface area contributed by atoms with Crippen molar-refractivity contribution in [2.45, 2.75) is 33.3 Å². The van der Waals surface area contributed by atoms with Crippen LogP contribution >= 0.6 is 34.8 Å². The van der Waals surface area contributed by atoms with Crippen molar-refractivity contribution in [3.63, 3.8) is 0 Å². The lowest BCUT2D eigenvalue weighted by atomic mass is 10.2. The Balaban J connectivity index is 2.01. The van der Waals surface area contributed by atoms with Gasteiger partial charge in [-0.2, -0.15) is 0 Å². The van der Waals surface area contributed by atoms with Gasteiger partial charge in [0.2, 0.25) is 5.88 Å². The molecule has 0 aliphatic carbocycles. The lowest BCUT2D eigenvalue weighted by molar-refractivity contribution is 0.0520. The first kappa shape index (κ1) is 25.1. The molecule has 0 fully saturated rings. The van der Waals surface area contributed by atoms with Crippen molar-refractivity contribution in [1.82, 2.24) is 14.9 Å². The fourth-order valence-corrected chi connectivity index (χ4v) is 4.02. The van der Waals surface area contributed by atoms with E-state index in [4.69, 9.17) is 44.3 Å². The van der Waals surface area contributed by atoms with Crippen LogP contribution in [0.2, 0.25) is 15.1 Å². The van der Waals surface area contributed by atoms with Crippen molar-refractivity contribution in [1.29, 1.82) is 0 Å². The third kappa shape index (κ3) is 5.69. The predicted octanol–water partition coefficient (Wildman–Crippen LogP) is 5.70. The summed E-state index contributed by atoms with van der Waals surface area (Å²) < 4.78 is 26.1. The van der Waals surface area contributed by atoms with E-state index in [0.717, 1.165) is 12.1 Å². The molecule has 0 radical (unpaired) electrons. The number of pyridine rings is 2. The smallest absolute Gasteiger partial charge is 0.407 e. The van der Waals surface area contributed by atoms with Gasteiger partial charge in [0.1, 0.15) is 23.4 Å². The number of carbonyl (C=O) groups excluding carboxylic acids is 1. The van der Waals surface area contributed by atoms with E-state index < -0.39 is 22.9 Å². The summed E-state index contributed by atoms with van der Waals surface area (Å²) in [6.45, 7) is 7.03. The fourth-order valence-electron chi connectivity index (χ4n) is 3.17. The zero-order valence-electron chi connectivity index (χ0n) is 18.3. The van der Waals surface area contributed by atoms with E-state index in [9.17, 15) is 14.0 Å². The van der Waals surface area contributed by atoms with Gasteiger partial charge in [-0.05, 0) is 39.8 Å². The van der Waals surface area contributed by atoms with Gasteiger partial charge in [-0.15, -0.1) is 0 Å². The topological polar surface area (TPSA) is 82.4 Å². The third-order valence-corrected chi connectivity index (χ3v) is 5.20. The van der Waals surface area contributed by atoms with Gasteiger partial charge >= 0.3 is 6.09 Å². The standard InChI is InChI=1S/C22H21Cl3FN3O4/c1-11-7-16(30)17-19(29(11)18-13(23)8-12(26)9-14(18)24)15(25)10-28-20(17)32-6-5-27-21(31)33-22(2,3)4/h7-10H,5-6H2,1-4H3,(H,27,31). The summed E-state index contributed by atoms with van der Waals surface area (Å²) >= 11 is 19.0. The molecule has 1 N–H and O–H groups in total. The zero-order valence-corrected chi connectivity index (χ0v) is 20.5. The quantitative estimate of drug-likeness (QED) is 0.440. The van der Waals surface area contributed by atoms with Gasteiger partial charge in [0.15, 0.2) is 5.43 Å². The minimum absolute atomic E-state index is 0.00787. The number of halogens is 4. The number of aromatic nitrogens is 2. The number of nitrogens with zero attached hydrogens (tertiary/aromatic N) is 2. The van der Waals surface area contributed by atoms with E-state index in [1.165, 1.54) is 12.3 Å². The third-order valence-electron chi connectivity index (χ3n) is 4.35. The summed E-state index contributed by atoms with van der Waals surface area (Å²) in [6, 6.07) is 3.57. The number of carbonyl (C=O) groups is 1. The van der Waals surface area contributed by atoms with Crippen LogP contribution in [-0.2, 0) is 4.74 Å². The molecule has 11 heteroatoms. The normalized spacial score (nSPS) is 11.5. The van der Waals surface area contributed by atoms with Crippen molar-refractivity contribution in [2.75, 3.05) is 13.2 Å². The summed E-state index contributed by atoms with van der Waals surface area (Å²) in [7, 11) is 0. The second kappa shape index (κ2) is 9.75. The number of fused-ring (bicyclic) bond motifs is 1. The average Bonchev–Trinajstić information content (AvgIpc) is 2.66. The Kier molecular flexibility index (Phi) is 7.41. The van der Waals surface area contributed by atoms with Gasteiger partial charge in [0, 0.05) is 11.8 Å². The Morgan fingerprint density at radius 2 is 1.79 bits per heavy atom. The molecule has 0 bridgehead atoms. The maximum Gasteiger partial charge on any atom is 0.407 e. The molecule has 0 aliphatic heterocycles. The summed E-state index contributed by atoms with van der Waals surface area (Å²) in [5.74, 6) is -0.598. The molecule has 0 saturated heterocycles. The van der Waals surface area contributed by atoms with Crippen LogP contribution in [-0.4, -0.2) is 34.4 Å². The number of benzene rings is 1. The van der Waals surface area contributed by atoms with Gasteiger partial charge in [-0.3, -0.25) is 4.79 Å². The Bertz CT molecular complexity index is 1270. The molecule has 0 aliphatic rings. The van der Waals surface area contributed by atoms with Gasteiger partial charge in [-0.25, -0.2) is 14.2 Å². The maximum absolute atomic E-state index is 13.7. The van der Waals surface area contributed by atoms with Crippen LogP contribution in [0.25, 0.3) is 16.6 Å². The number of hydrogen-bond donors (Lipinski definition) is 1. The highest BCUT2D eigenvalue weighted by Gasteiger charge is 2.21. The molecular formula is C22H21Cl3FN3O4. The molecule has 0 saturated carbocycles. The molecule has 0 atom stereocenters. The number of aryl methyl sites for hydroxylation is 1. The molecule has 1 aromatic carbocycles. The molecule has 7 nitrogen and oxygen atoms in total. The van der Waals surface area contributed by atoms with Crippen molar-refractivity contribution in [2.24, 2.45) is 0 Å². The van der Waals surface area contributed by atoms with E-state index in [-0.39, 0.29) is 50.7 Å². The van der Waals surface area contributed by atoms with Crippen LogP contribution < -0.4 is 15.5 Å². The molecule has 0 unspecified atom stereocenters. The molecule has 2 heterocycles. The molecule has 2 aromatic heterocycles. The number of rotatable bonds is 5. The molecular weight excluding hydrogens is 496 g/mol. The van der Waals surface area contributed by atoms with E-state index in [2.05, 4.69) is 10.3 Å². The Hall–Kier alpha value is -2.55. The number of hydrogen-bond acceptors (Lipinski definition) is 5. The zero-order chi connectivity index (χ0) is 24.5. The first-order chi connectivity index (χ1) is 15.4. The largest absolute Gasteiger partial charge is 0.475 e. The monoisotopic (exact) mass is 515 g/mol. The fraction of sp³-hybridized carbons (Fsp3) is 0.318. The second-order valence-corrected chi connectivity index (χ2v) is 9.34. The van der Waals surface area contributed by atoms with Gasteiger partial charge in [0.25, 0.3) is 0 Å². The Morgan fingerprint density at radius 3 is 2.39 bits per heavy atom. The highest BCUT2D eigenvalue weighted by atomic mass is 35.5. The Labute approximate surface area is 204 Å². The number of amides is 1. The minimum atomic E-state index is -0.634. The van der Waals surface area contributed by atoms with E-state index >= 15 is 0 Å². The van der Waals surface area contributed by atoms with Crippen molar-refractivity contribution < 1.29 is 18.7 Å². The lowest BCUT2D eigenvalue weighted by Gasteiger charge is -2.20. The van der Waals surface area contributed by atoms with Crippen LogP contribution in [0.15, 0.2) is 29.2 Å². The first-order valence-electron chi connectivity index (χ1n) is 9.84. The SMILES string of the molecule is Cc1cc(=O)c2c(OCCNC(=O)OC(C)(C)C)ncc(Cl)c2n1-c1c(Cl)cc(F)cc1Cl. The second-order valence-electron chi connectivity index (χ2n) is 8.12. The highest BCUT2D eigenvalue weighted by Crippen LogP contribution is 2.36. The lowest BCUT2D eigenvalue weighted by Crippen LogP contribution is -2.34. The molecule has 176 valence electrons. The van der Waals surface area contributed by atoms with Gasteiger partial charge < -0.3 is 19.4 Å². The average molecular weight is 517 g/mol. The summed E-state index contributed by atoms with van der Waals surface area (Å²) in [5.41, 5.74) is -0.0492. The molecule has 3 rings (SSSR count). The van der Waals surface area contributed by atoms with E-state index in [0.29, 0.717) is 5.69 Å². The predicted molar refractivity (Wildman–Crippen MR) is 127 cm³/mol. The van der Waals surface area contributed by atoms with Crippen LogP contribution in [0.5, 0.6) is 5.88 Å². The molecule has 0 spiro atoms.